The van der Waals surface area contributed by atoms with Crippen LogP contribution in [0.25, 0.3) is 22.0 Å². The number of aromatic nitrogens is 1. The van der Waals surface area contributed by atoms with Crippen molar-refractivity contribution in [3.8, 4) is 17.2 Å². The molecule has 0 bridgehead atoms. The summed E-state index contributed by atoms with van der Waals surface area (Å²) in [6.45, 7) is 3.87. The molecule has 1 saturated heterocycles. The lowest BCUT2D eigenvalue weighted by Crippen LogP contribution is -2.47. The van der Waals surface area contributed by atoms with Crippen LogP contribution >= 0.6 is 0 Å². The molecule has 41 heavy (non-hydrogen) atoms. The van der Waals surface area contributed by atoms with Gasteiger partial charge in [-0.3, -0.25) is 4.79 Å². The Labute approximate surface area is 242 Å². The minimum Gasteiger partial charge on any atom is -0.385 e. The highest BCUT2D eigenvalue weighted by atomic mass is 16.5. The Morgan fingerprint density at radius 2 is 1.85 bits per heavy atom. The van der Waals surface area contributed by atoms with Crippen molar-refractivity contribution < 1.29 is 9.53 Å². The number of amides is 1. The van der Waals surface area contributed by atoms with Gasteiger partial charge in [-0.25, -0.2) is 0 Å². The van der Waals surface area contributed by atoms with E-state index in [1.807, 2.05) is 24.3 Å². The summed E-state index contributed by atoms with van der Waals surface area (Å²) in [4.78, 5) is 16.6. The van der Waals surface area contributed by atoms with Crippen molar-refractivity contribution in [1.82, 2.24) is 14.8 Å². The Morgan fingerprint density at radius 1 is 1.05 bits per heavy atom. The van der Waals surface area contributed by atoms with E-state index in [9.17, 15) is 10.1 Å². The molecule has 4 aromatic rings. The number of nitrogens with zero attached hydrogens (tertiary/aromatic N) is 3. The second kappa shape index (κ2) is 12.3. The first-order chi connectivity index (χ1) is 20.2. The lowest BCUT2D eigenvalue weighted by Gasteiger charge is -2.36. The van der Waals surface area contributed by atoms with Crippen molar-refractivity contribution in [1.29, 1.82) is 5.26 Å². The monoisotopic (exact) mass is 546 g/mol. The van der Waals surface area contributed by atoms with Gasteiger partial charge in [0.25, 0.3) is 0 Å². The molecule has 2 atom stereocenters. The minimum absolute atomic E-state index is 0.111. The van der Waals surface area contributed by atoms with Crippen LogP contribution in [0.15, 0.2) is 79.0 Å². The number of hydrogen-bond acceptors (Lipinski definition) is 4. The van der Waals surface area contributed by atoms with E-state index in [1.165, 1.54) is 22.0 Å². The summed E-state index contributed by atoms with van der Waals surface area (Å²) in [5, 5.41) is 14.1. The first kappa shape index (κ1) is 27.3. The van der Waals surface area contributed by atoms with Gasteiger partial charge in [-0.2, -0.15) is 5.26 Å². The number of nitriles is 1. The average molecular weight is 547 g/mol. The molecule has 1 N–H and O–H groups in total. The Morgan fingerprint density at radius 3 is 2.66 bits per heavy atom. The second-order valence-corrected chi connectivity index (χ2v) is 11.4. The zero-order valence-electron chi connectivity index (χ0n) is 23.8. The number of nitrogens with one attached hydrogen (secondary N) is 1. The van der Waals surface area contributed by atoms with Gasteiger partial charge in [-0.15, -0.1) is 0 Å². The predicted octanol–water partition coefficient (Wildman–Crippen LogP) is 6.10. The number of para-hydroxylation sites is 1. The van der Waals surface area contributed by atoms with Crippen LogP contribution in [0.2, 0.25) is 0 Å². The highest BCUT2D eigenvalue weighted by Gasteiger charge is 2.40. The Balaban J connectivity index is 1.27. The SMILES string of the molecule is COCCCn1cc(CN(C(=O)[C@H]2CNCC[C@@H]2c2cccc(-c3cccc(C#N)c3)c2)C2CC2)c2ccccc21. The second-order valence-electron chi connectivity index (χ2n) is 11.4. The van der Waals surface area contributed by atoms with Crippen molar-refractivity contribution in [2.24, 2.45) is 5.92 Å². The lowest BCUT2D eigenvalue weighted by atomic mass is 9.79. The lowest BCUT2D eigenvalue weighted by molar-refractivity contribution is -0.138. The highest BCUT2D eigenvalue weighted by molar-refractivity contribution is 5.86. The highest BCUT2D eigenvalue weighted by Crippen LogP contribution is 2.38. The molecule has 0 spiro atoms. The normalized spacial score (nSPS) is 18.7. The van der Waals surface area contributed by atoms with E-state index in [0.717, 1.165) is 56.5 Å². The first-order valence-corrected chi connectivity index (χ1v) is 14.8. The Hall–Kier alpha value is -3.92. The van der Waals surface area contributed by atoms with Crippen LogP contribution < -0.4 is 5.32 Å². The summed E-state index contributed by atoms with van der Waals surface area (Å²) in [7, 11) is 1.74. The van der Waals surface area contributed by atoms with Gasteiger partial charge < -0.3 is 19.5 Å². The molecule has 1 aliphatic heterocycles. The van der Waals surface area contributed by atoms with Gasteiger partial charge in [0.1, 0.15) is 0 Å². The number of benzene rings is 3. The Bertz CT molecular complexity index is 1560. The molecule has 210 valence electrons. The van der Waals surface area contributed by atoms with Crippen LogP contribution in [0.3, 0.4) is 0 Å². The molecule has 1 amide bonds. The summed E-state index contributed by atoms with van der Waals surface area (Å²) in [6, 6.07) is 27.4. The number of rotatable bonds is 10. The van der Waals surface area contributed by atoms with E-state index in [0.29, 0.717) is 24.7 Å². The van der Waals surface area contributed by atoms with Gasteiger partial charge in [0.05, 0.1) is 17.6 Å². The van der Waals surface area contributed by atoms with Crippen molar-refractivity contribution in [2.75, 3.05) is 26.8 Å². The number of aryl methyl sites for hydroxylation is 1. The maximum Gasteiger partial charge on any atom is 0.228 e. The standard InChI is InChI=1S/C35H38N4O2/c1-41-18-6-17-38-23-29(32-11-2-3-12-34(32)38)24-39(30-13-14-30)35(40)33-22-37-16-15-31(33)28-10-5-9-27(20-28)26-8-4-7-25(19-26)21-36/h2-5,7-12,19-20,23,30-31,33,37H,6,13-18,22,24H2,1H3/t31-,33+/m1/s1. The van der Waals surface area contributed by atoms with Crippen molar-refractivity contribution >= 4 is 16.8 Å². The van der Waals surface area contributed by atoms with Crippen LogP contribution in [0.1, 0.15) is 48.3 Å². The maximum atomic E-state index is 14.4. The number of methoxy groups -OCH3 is 1. The zero-order chi connectivity index (χ0) is 28.2. The summed E-state index contributed by atoms with van der Waals surface area (Å²) < 4.78 is 7.61. The fourth-order valence-electron chi connectivity index (χ4n) is 6.42. The fourth-order valence-corrected chi connectivity index (χ4v) is 6.42. The quantitative estimate of drug-likeness (QED) is 0.244. The van der Waals surface area contributed by atoms with E-state index in [-0.39, 0.29) is 17.7 Å². The van der Waals surface area contributed by atoms with E-state index in [1.54, 1.807) is 7.11 Å². The van der Waals surface area contributed by atoms with E-state index < -0.39 is 0 Å². The summed E-state index contributed by atoms with van der Waals surface area (Å²) in [5.41, 5.74) is 6.42. The van der Waals surface area contributed by atoms with E-state index >= 15 is 0 Å². The number of carbonyl (C=O) groups excluding carboxylic acids is 1. The molecule has 1 aromatic heterocycles. The Kier molecular flexibility index (Phi) is 8.18. The summed E-state index contributed by atoms with van der Waals surface area (Å²) in [6.07, 6.45) is 6.28. The molecule has 1 saturated carbocycles. The summed E-state index contributed by atoms with van der Waals surface area (Å²) in [5.74, 6) is 0.303. The molecular formula is C35H38N4O2. The first-order valence-electron chi connectivity index (χ1n) is 14.8. The summed E-state index contributed by atoms with van der Waals surface area (Å²) >= 11 is 0. The van der Waals surface area contributed by atoms with Crippen molar-refractivity contribution in [3.05, 3.63) is 95.7 Å². The molecule has 1 aliphatic carbocycles. The molecular weight excluding hydrogens is 508 g/mol. The molecule has 0 radical (unpaired) electrons. The van der Waals surface area contributed by atoms with Gasteiger partial charge in [0.15, 0.2) is 0 Å². The van der Waals surface area contributed by atoms with Gasteiger partial charge in [0.2, 0.25) is 5.91 Å². The van der Waals surface area contributed by atoms with E-state index in [4.69, 9.17) is 4.74 Å². The third-order valence-corrected chi connectivity index (χ3v) is 8.67. The van der Waals surface area contributed by atoms with E-state index in [2.05, 4.69) is 75.6 Å². The number of fused-ring (bicyclic) bond motifs is 1. The molecule has 0 unspecified atom stereocenters. The zero-order valence-corrected chi connectivity index (χ0v) is 23.8. The fraction of sp³-hybridized carbons (Fsp3) is 0.371. The predicted molar refractivity (Wildman–Crippen MR) is 162 cm³/mol. The topological polar surface area (TPSA) is 70.3 Å². The average Bonchev–Trinajstić information content (AvgIpc) is 3.82. The molecule has 3 aromatic carbocycles. The molecule has 2 heterocycles. The van der Waals surface area contributed by atoms with Crippen molar-refractivity contribution in [3.63, 3.8) is 0 Å². The van der Waals surface area contributed by atoms with Gasteiger partial charge in [-0.1, -0.05) is 54.6 Å². The van der Waals surface area contributed by atoms with Gasteiger partial charge >= 0.3 is 0 Å². The molecule has 2 aliphatic rings. The number of ether oxygens (including phenoxy) is 1. The molecule has 6 nitrogen and oxygen atoms in total. The van der Waals surface area contributed by atoms with Crippen LogP contribution in [-0.4, -0.2) is 48.2 Å². The molecule has 6 heteroatoms. The van der Waals surface area contributed by atoms with Gasteiger partial charge in [-0.05, 0) is 78.6 Å². The largest absolute Gasteiger partial charge is 0.385 e. The number of hydrogen-bond donors (Lipinski definition) is 1. The van der Waals surface area contributed by atoms with Crippen LogP contribution in [0, 0.1) is 17.2 Å². The third kappa shape index (κ3) is 5.93. The molecule has 6 rings (SSSR count). The van der Waals surface area contributed by atoms with Crippen molar-refractivity contribution in [2.45, 2.75) is 50.7 Å². The minimum atomic E-state index is -0.111. The maximum absolute atomic E-state index is 14.4. The van der Waals surface area contributed by atoms with Gasteiger partial charge in [0, 0.05) is 56.5 Å². The third-order valence-electron chi connectivity index (χ3n) is 8.67. The smallest absolute Gasteiger partial charge is 0.228 e. The van der Waals surface area contributed by atoms with Crippen LogP contribution in [0.5, 0.6) is 0 Å². The van der Waals surface area contributed by atoms with Crippen LogP contribution in [-0.2, 0) is 22.6 Å². The van der Waals surface area contributed by atoms with Crippen LogP contribution in [0.4, 0.5) is 0 Å². The molecule has 2 fully saturated rings. The number of carbonyl (C=O) groups is 1. The number of piperidine rings is 1.